The van der Waals surface area contributed by atoms with Crippen LogP contribution in [0.15, 0.2) is 12.2 Å². The average molecular weight is 312 g/mol. The van der Waals surface area contributed by atoms with Gasteiger partial charge in [0.1, 0.15) is 12.2 Å². The lowest BCUT2D eigenvalue weighted by Gasteiger charge is -2.27. The molecule has 5 heteroatoms. The van der Waals surface area contributed by atoms with Gasteiger partial charge >= 0.3 is 11.9 Å². The van der Waals surface area contributed by atoms with Gasteiger partial charge in [-0.1, -0.05) is 27.4 Å². The third kappa shape index (κ3) is 7.38. The number of carbonyl (C=O) groups is 3. The van der Waals surface area contributed by atoms with Crippen LogP contribution in [0.4, 0.5) is 0 Å². The molecule has 0 spiro atoms. The molecule has 0 aromatic heterocycles. The molecule has 0 saturated carbocycles. The molecule has 0 aliphatic heterocycles. The van der Waals surface area contributed by atoms with E-state index in [2.05, 4.69) is 6.58 Å². The molecule has 22 heavy (non-hydrogen) atoms. The highest BCUT2D eigenvalue weighted by molar-refractivity contribution is 5.89. The Morgan fingerprint density at radius 2 is 1.73 bits per heavy atom. The second kappa shape index (κ2) is 8.71. The highest BCUT2D eigenvalue weighted by Crippen LogP contribution is 2.27. The molecule has 2 unspecified atom stereocenters. The van der Waals surface area contributed by atoms with Gasteiger partial charge < -0.3 is 9.47 Å². The van der Waals surface area contributed by atoms with Gasteiger partial charge in [-0.2, -0.15) is 0 Å². The van der Waals surface area contributed by atoms with Crippen molar-refractivity contribution in [2.45, 2.75) is 53.6 Å². The Labute approximate surface area is 133 Å². The van der Waals surface area contributed by atoms with Gasteiger partial charge in [-0.25, -0.2) is 4.79 Å². The second-order valence-electron chi connectivity index (χ2n) is 6.81. The van der Waals surface area contributed by atoms with Crippen LogP contribution >= 0.6 is 0 Å². The summed E-state index contributed by atoms with van der Waals surface area (Å²) >= 11 is 0. The van der Waals surface area contributed by atoms with E-state index < -0.39 is 11.6 Å². The smallest absolute Gasteiger partial charge is 0.334 e. The van der Waals surface area contributed by atoms with Crippen LogP contribution in [0.5, 0.6) is 0 Å². The maximum atomic E-state index is 12.3. The molecule has 0 N–H and O–H groups in total. The maximum Gasteiger partial charge on any atom is 0.334 e. The van der Waals surface area contributed by atoms with Gasteiger partial charge in [0.25, 0.3) is 0 Å². The minimum atomic E-state index is -0.605. The fourth-order valence-corrected chi connectivity index (χ4v) is 1.94. The normalized spacial score (nSPS) is 14.1. The van der Waals surface area contributed by atoms with Gasteiger partial charge in [-0.05, 0) is 39.0 Å². The molecule has 0 amide bonds. The molecule has 0 aromatic carbocycles. The van der Waals surface area contributed by atoms with E-state index >= 15 is 0 Å². The van der Waals surface area contributed by atoms with E-state index in [9.17, 15) is 14.4 Å². The Hall–Kier alpha value is -1.65. The Balaban J connectivity index is 4.81. The van der Waals surface area contributed by atoms with Crippen molar-refractivity contribution in [3.8, 4) is 0 Å². The Bertz CT molecular complexity index is 417. The molecule has 0 saturated heterocycles. The molecule has 0 heterocycles. The Morgan fingerprint density at radius 1 is 1.18 bits per heavy atom. The van der Waals surface area contributed by atoms with Crippen molar-refractivity contribution in [2.75, 3.05) is 6.61 Å². The quantitative estimate of drug-likeness (QED) is 0.391. The number of aldehydes is 1. The fraction of sp³-hybridized carbons (Fsp3) is 0.706. The average Bonchev–Trinajstić information content (AvgIpc) is 2.38. The molecular formula is C17H28O5. The molecule has 0 fully saturated rings. The van der Waals surface area contributed by atoms with Gasteiger partial charge in [-0.3, -0.25) is 9.59 Å². The monoisotopic (exact) mass is 312 g/mol. The summed E-state index contributed by atoms with van der Waals surface area (Å²) < 4.78 is 10.2. The summed E-state index contributed by atoms with van der Waals surface area (Å²) in [5.74, 6) is -1.37. The van der Waals surface area contributed by atoms with Crippen LogP contribution in [0.3, 0.4) is 0 Å². The SMILES string of the molecule is C=C(C(=O)OCC=O)C(C)CC(C(=O)OC(C)(C)C)C(C)C. The molecule has 0 radical (unpaired) electrons. The molecule has 0 rings (SSSR count). The van der Waals surface area contributed by atoms with Crippen LogP contribution in [0, 0.1) is 17.8 Å². The number of ether oxygens (including phenoxy) is 2. The number of hydrogen-bond donors (Lipinski definition) is 0. The van der Waals surface area contributed by atoms with Crippen LogP contribution in [-0.2, 0) is 23.9 Å². The zero-order chi connectivity index (χ0) is 17.5. The molecule has 0 aliphatic carbocycles. The molecule has 5 nitrogen and oxygen atoms in total. The van der Waals surface area contributed by atoms with Crippen molar-refractivity contribution in [2.24, 2.45) is 17.8 Å². The highest BCUT2D eigenvalue weighted by Gasteiger charge is 2.30. The molecule has 0 bridgehead atoms. The van der Waals surface area contributed by atoms with Crippen LogP contribution in [0.2, 0.25) is 0 Å². The first-order chi connectivity index (χ1) is 9.99. The molecule has 126 valence electrons. The van der Waals surface area contributed by atoms with Crippen molar-refractivity contribution < 1.29 is 23.9 Å². The van der Waals surface area contributed by atoms with Crippen molar-refractivity contribution in [1.29, 1.82) is 0 Å². The number of carbonyl (C=O) groups excluding carboxylic acids is 3. The first-order valence-corrected chi connectivity index (χ1v) is 7.52. The summed E-state index contributed by atoms with van der Waals surface area (Å²) in [6.45, 7) is 14.6. The van der Waals surface area contributed by atoms with E-state index in [0.29, 0.717) is 12.7 Å². The van der Waals surface area contributed by atoms with E-state index in [0.717, 1.165) is 0 Å². The number of esters is 2. The lowest BCUT2D eigenvalue weighted by atomic mass is 9.84. The van der Waals surface area contributed by atoms with Crippen LogP contribution in [0.1, 0.15) is 48.0 Å². The third-order valence-electron chi connectivity index (χ3n) is 3.26. The summed E-state index contributed by atoms with van der Waals surface area (Å²) in [5, 5.41) is 0. The summed E-state index contributed by atoms with van der Waals surface area (Å²) in [6.07, 6.45) is 0.953. The lowest BCUT2D eigenvalue weighted by Crippen LogP contribution is -2.32. The first kappa shape index (κ1) is 20.3. The molecule has 0 aliphatic rings. The topological polar surface area (TPSA) is 69.7 Å². The van der Waals surface area contributed by atoms with E-state index in [1.807, 2.05) is 41.5 Å². The first-order valence-electron chi connectivity index (χ1n) is 7.52. The minimum absolute atomic E-state index is 0.0797. The van der Waals surface area contributed by atoms with E-state index in [1.54, 1.807) is 0 Å². The van der Waals surface area contributed by atoms with Crippen molar-refractivity contribution >= 4 is 18.2 Å². The number of rotatable bonds is 8. The van der Waals surface area contributed by atoms with Gasteiger partial charge in [0.2, 0.25) is 0 Å². The molecule has 2 atom stereocenters. The summed E-state index contributed by atoms with van der Waals surface area (Å²) in [4.78, 5) is 34.2. The van der Waals surface area contributed by atoms with E-state index in [4.69, 9.17) is 9.47 Å². The minimum Gasteiger partial charge on any atom is -0.460 e. The predicted molar refractivity (Wildman–Crippen MR) is 84.1 cm³/mol. The van der Waals surface area contributed by atoms with Gasteiger partial charge in [0, 0.05) is 5.57 Å². The van der Waals surface area contributed by atoms with Crippen molar-refractivity contribution in [3.05, 3.63) is 12.2 Å². The maximum absolute atomic E-state index is 12.3. The Morgan fingerprint density at radius 3 is 2.14 bits per heavy atom. The van der Waals surface area contributed by atoms with Gasteiger partial charge in [-0.15, -0.1) is 0 Å². The van der Waals surface area contributed by atoms with E-state index in [-0.39, 0.29) is 35.9 Å². The van der Waals surface area contributed by atoms with Crippen molar-refractivity contribution in [3.63, 3.8) is 0 Å². The van der Waals surface area contributed by atoms with Crippen LogP contribution in [0.25, 0.3) is 0 Å². The summed E-state index contributed by atoms with van der Waals surface area (Å²) in [7, 11) is 0. The lowest BCUT2D eigenvalue weighted by molar-refractivity contribution is -0.162. The largest absolute Gasteiger partial charge is 0.460 e. The summed E-state index contributed by atoms with van der Waals surface area (Å²) in [5.41, 5.74) is -0.288. The fourth-order valence-electron chi connectivity index (χ4n) is 1.94. The predicted octanol–water partition coefficient (Wildman–Crippen LogP) is 2.92. The number of hydrogen-bond acceptors (Lipinski definition) is 5. The second-order valence-corrected chi connectivity index (χ2v) is 6.81. The Kier molecular flexibility index (Phi) is 8.06. The van der Waals surface area contributed by atoms with Crippen LogP contribution < -0.4 is 0 Å². The zero-order valence-corrected chi connectivity index (χ0v) is 14.5. The highest BCUT2D eigenvalue weighted by atomic mass is 16.6. The van der Waals surface area contributed by atoms with Crippen molar-refractivity contribution in [1.82, 2.24) is 0 Å². The third-order valence-corrected chi connectivity index (χ3v) is 3.26. The van der Waals surface area contributed by atoms with E-state index in [1.165, 1.54) is 0 Å². The molecular weight excluding hydrogens is 284 g/mol. The van der Waals surface area contributed by atoms with Gasteiger partial charge in [0.15, 0.2) is 6.29 Å². The molecule has 0 aromatic rings. The standard InChI is InChI=1S/C17H28O5/c1-11(2)14(16(20)22-17(5,6)7)10-12(3)13(4)15(19)21-9-8-18/h8,11-12,14H,4,9-10H2,1-3,5-7H3. The van der Waals surface area contributed by atoms with Gasteiger partial charge in [0.05, 0.1) is 5.92 Å². The van der Waals surface area contributed by atoms with Crippen LogP contribution in [-0.4, -0.2) is 30.4 Å². The summed E-state index contributed by atoms with van der Waals surface area (Å²) in [6, 6.07) is 0. The zero-order valence-electron chi connectivity index (χ0n) is 14.5.